The van der Waals surface area contributed by atoms with Gasteiger partial charge in [0.05, 0.1) is 69.1 Å². The Kier molecular flexibility index (Phi) is 24.8. The SMILES string of the molecule is CCCCc1nc2c(NC(=O)OCCSSCC(NC(=O)CCOCCOCCOCCNC(=O)CCC(NC(=O)c3ccc(NCc4cnc5nc(N)[nH]c(=O)c5n4)cc3)C(=O)O)C(=O)O)nc3ccccc3c2n1CC(C)(C)CO. The normalized spacial score (nSPS) is 12.2. The first-order valence-corrected chi connectivity index (χ1v) is 28.9. The number of anilines is 3. The fourth-order valence-electron chi connectivity index (χ4n) is 7.88. The first-order chi connectivity index (χ1) is 39.4. The number of carboxylic acid groups (broad SMARTS) is 2. The number of pyridine rings is 1. The smallest absolute Gasteiger partial charge is 0.412 e. The highest BCUT2D eigenvalue weighted by Crippen LogP contribution is 2.33. The molecule has 0 radical (unpaired) electrons. The third-order valence-electron chi connectivity index (χ3n) is 12.2. The minimum Gasteiger partial charge on any atom is -0.480 e. The lowest BCUT2D eigenvalue weighted by molar-refractivity contribution is -0.141. The van der Waals surface area contributed by atoms with E-state index in [0.29, 0.717) is 41.1 Å². The Morgan fingerprint density at radius 2 is 1.54 bits per heavy atom. The van der Waals surface area contributed by atoms with E-state index in [1.54, 1.807) is 12.1 Å². The van der Waals surface area contributed by atoms with Crippen LogP contribution in [0.25, 0.3) is 33.1 Å². The first-order valence-electron chi connectivity index (χ1n) is 26.4. The van der Waals surface area contributed by atoms with Gasteiger partial charge >= 0.3 is 18.0 Å². The van der Waals surface area contributed by atoms with Gasteiger partial charge in [0.25, 0.3) is 11.5 Å². The summed E-state index contributed by atoms with van der Waals surface area (Å²) in [5, 5.41) is 43.8. The van der Waals surface area contributed by atoms with Crippen molar-refractivity contribution in [3.63, 3.8) is 0 Å². The molecule has 0 saturated carbocycles. The minimum absolute atomic E-state index is 0.0153. The number of imidazole rings is 1. The molecular weight excluding hydrogens is 1110 g/mol. The van der Waals surface area contributed by atoms with E-state index in [1.807, 2.05) is 38.1 Å². The number of nitrogens with two attached hydrogens (primary N) is 1. The van der Waals surface area contributed by atoms with Crippen molar-refractivity contribution in [2.45, 2.75) is 84.5 Å². The number of para-hydroxylation sites is 1. The molecule has 29 heteroatoms. The highest BCUT2D eigenvalue weighted by molar-refractivity contribution is 8.76. The summed E-state index contributed by atoms with van der Waals surface area (Å²) in [6.45, 7) is 7.90. The second-order valence-corrected chi connectivity index (χ2v) is 21.9. The van der Waals surface area contributed by atoms with Crippen molar-refractivity contribution in [3.05, 3.63) is 82.2 Å². The molecule has 442 valence electrons. The van der Waals surface area contributed by atoms with Crippen molar-refractivity contribution in [1.82, 2.24) is 50.4 Å². The molecule has 4 aromatic heterocycles. The number of aliphatic hydroxyl groups is 1. The summed E-state index contributed by atoms with van der Waals surface area (Å²) >= 11 is 0. The van der Waals surface area contributed by atoms with E-state index >= 15 is 0 Å². The summed E-state index contributed by atoms with van der Waals surface area (Å²) in [7, 11) is 2.50. The molecule has 0 fully saturated rings. The summed E-state index contributed by atoms with van der Waals surface area (Å²) in [5.41, 5.74) is 7.99. The zero-order valence-electron chi connectivity index (χ0n) is 45.7. The third-order valence-corrected chi connectivity index (χ3v) is 14.5. The van der Waals surface area contributed by atoms with Crippen LogP contribution in [-0.2, 0) is 57.6 Å². The van der Waals surface area contributed by atoms with Gasteiger partial charge in [-0.05, 0) is 43.2 Å². The lowest BCUT2D eigenvalue weighted by Crippen LogP contribution is -2.42. The quantitative estimate of drug-likeness (QED) is 0.0197. The number of ether oxygens (including phenoxy) is 4. The lowest BCUT2D eigenvalue weighted by atomic mass is 9.94. The maximum atomic E-state index is 13.0. The summed E-state index contributed by atoms with van der Waals surface area (Å²) in [6, 6.07) is 11.3. The number of aromatic nitrogens is 7. The average Bonchev–Trinajstić information content (AvgIpc) is 4.08. The van der Waals surface area contributed by atoms with Crippen molar-refractivity contribution >= 4 is 108 Å². The largest absolute Gasteiger partial charge is 0.480 e. The lowest BCUT2D eigenvalue weighted by Gasteiger charge is -2.24. The number of aromatic amines is 1. The van der Waals surface area contributed by atoms with Gasteiger partial charge in [0, 0.05) is 72.5 Å². The molecule has 2 atom stereocenters. The molecule has 6 aromatic rings. The number of hydrogen-bond donors (Lipinski definition) is 10. The number of nitrogens with one attached hydrogen (secondary N) is 6. The van der Waals surface area contributed by atoms with Crippen LogP contribution in [0, 0.1) is 5.41 Å². The topological polar surface area (TPSA) is 388 Å². The number of fused-ring (bicyclic) bond motifs is 4. The van der Waals surface area contributed by atoms with Gasteiger partial charge in [-0.15, -0.1) is 0 Å². The van der Waals surface area contributed by atoms with Crippen molar-refractivity contribution in [3.8, 4) is 0 Å². The number of nitrogen functional groups attached to an aromatic ring is 1. The van der Waals surface area contributed by atoms with Crippen LogP contribution in [0.2, 0.25) is 0 Å². The maximum absolute atomic E-state index is 13.0. The Balaban J connectivity index is 0.769. The van der Waals surface area contributed by atoms with E-state index in [2.05, 4.69) is 58.0 Å². The van der Waals surface area contributed by atoms with Crippen LogP contribution in [0.4, 0.5) is 22.2 Å². The standard InChI is InChI=1S/C53H69N13O14S2/c1-4-5-10-39-62-42-44(66(39)30-53(2,3)31-67)35-8-6-7-9-36(35)60-46(42)64-52(76)80-25-26-81-82-29-38(50(74)75)59-41(69)17-19-77-21-23-79-24-22-78-20-18-55-40(68)16-15-37(49(72)73)61-47(70)32-11-13-33(14-12-32)56-27-34-28-57-45-43(58-34)48(71)65-51(54)63-45/h6-9,11-14,28,37-38,56,67H,4-5,10,15-27,29-31H2,1-3H3,(H,55,68)(H,59,69)(H,61,70)(H,72,73)(H,74,75)(H,60,64,76)(H3,54,57,63,65,71). The van der Waals surface area contributed by atoms with E-state index in [9.17, 15) is 48.9 Å². The predicted molar refractivity (Wildman–Crippen MR) is 308 cm³/mol. The molecule has 0 saturated heterocycles. The van der Waals surface area contributed by atoms with Gasteiger partial charge in [-0.3, -0.25) is 29.5 Å². The molecule has 11 N–H and O–H groups in total. The molecule has 4 amide bonds. The van der Waals surface area contributed by atoms with Crippen LogP contribution in [0.3, 0.4) is 0 Å². The van der Waals surface area contributed by atoms with Crippen LogP contribution in [0.15, 0.2) is 59.5 Å². The summed E-state index contributed by atoms with van der Waals surface area (Å²) in [6.07, 6.45) is 2.91. The fourth-order valence-corrected chi connectivity index (χ4v) is 9.86. The summed E-state index contributed by atoms with van der Waals surface area (Å²) < 4.78 is 23.9. The van der Waals surface area contributed by atoms with Gasteiger partial charge in [-0.1, -0.05) is 67.0 Å². The number of H-pyrrole nitrogens is 1. The molecule has 2 aromatic carbocycles. The zero-order chi connectivity index (χ0) is 59.0. The monoisotopic (exact) mass is 1180 g/mol. The number of hydrogen-bond acceptors (Lipinski definition) is 21. The van der Waals surface area contributed by atoms with Gasteiger partial charge in [-0.25, -0.2) is 34.3 Å². The van der Waals surface area contributed by atoms with Crippen LogP contribution >= 0.6 is 21.6 Å². The average molecular weight is 1180 g/mol. The molecule has 82 heavy (non-hydrogen) atoms. The molecule has 0 spiro atoms. The molecular formula is C53H69N13O14S2. The van der Waals surface area contributed by atoms with Gasteiger partial charge in [0.2, 0.25) is 17.8 Å². The summed E-state index contributed by atoms with van der Waals surface area (Å²) in [4.78, 5) is 111. The van der Waals surface area contributed by atoms with Crippen molar-refractivity contribution in [1.29, 1.82) is 0 Å². The molecule has 27 nitrogen and oxygen atoms in total. The van der Waals surface area contributed by atoms with E-state index in [4.69, 9.17) is 34.6 Å². The van der Waals surface area contributed by atoms with Gasteiger partial charge in [-0.2, -0.15) is 4.98 Å². The van der Waals surface area contributed by atoms with E-state index in [0.717, 1.165) is 29.6 Å². The second-order valence-electron chi connectivity index (χ2n) is 19.3. The van der Waals surface area contributed by atoms with Crippen LogP contribution < -0.4 is 37.9 Å². The number of carbonyl (C=O) groups is 6. The number of amides is 4. The number of rotatable bonds is 36. The molecule has 6 rings (SSSR count). The number of carbonyl (C=O) groups excluding carboxylic acids is 4. The second kappa shape index (κ2) is 32.1. The number of carboxylic acids is 2. The van der Waals surface area contributed by atoms with Crippen LogP contribution in [0.1, 0.15) is 74.8 Å². The van der Waals surface area contributed by atoms with Gasteiger partial charge in [0.1, 0.15) is 30.0 Å². The Bertz CT molecular complexity index is 3200. The Morgan fingerprint density at radius 3 is 2.26 bits per heavy atom. The number of aliphatic hydroxyl groups excluding tert-OH is 1. The molecule has 0 aliphatic carbocycles. The highest BCUT2D eigenvalue weighted by Gasteiger charge is 2.26. The number of aliphatic carboxylic acids is 2. The zero-order valence-corrected chi connectivity index (χ0v) is 47.3. The maximum Gasteiger partial charge on any atom is 0.412 e. The van der Waals surface area contributed by atoms with Crippen molar-refractivity contribution in [2.24, 2.45) is 5.41 Å². The fraction of sp³-hybridized carbons (Fsp3) is 0.472. The highest BCUT2D eigenvalue weighted by atomic mass is 33.1. The molecule has 4 heterocycles. The van der Waals surface area contributed by atoms with Crippen LogP contribution in [0.5, 0.6) is 0 Å². The molecule has 0 aliphatic heterocycles. The number of aryl methyl sites for hydroxylation is 1. The first kappa shape index (κ1) is 63.5. The minimum atomic E-state index is -1.33. The molecule has 0 bridgehead atoms. The van der Waals surface area contributed by atoms with Gasteiger partial charge < -0.3 is 65.8 Å². The molecule has 2 unspecified atom stereocenters. The Morgan fingerprint density at radius 1 is 0.817 bits per heavy atom. The number of unbranched alkanes of at least 4 members (excludes halogenated alkanes) is 1. The third kappa shape index (κ3) is 19.8. The number of benzene rings is 2. The van der Waals surface area contributed by atoms with E-state index < -0.39 is 58.8 Å². The van der Waals surface area contributed by atoms with Crippen LogP contribution in [-0.4, -0.2) is 169 Å². The summed E-state index contributed by atoms with van der Waals surface area (Å²) in [5.74, 6) is -2.66. The van der Waals surface area contributed by atoms with E-state index in [1.165, 1.54) is 39.9 Å². The predicted octanol–water partition coefficient (Wildman–Crippen LogP) is 3.89. The van der Waals surface area contributed by atoms with E-state index in [-0.39, 0.29) is 119 Å². The molecule has 0 aliphatic rings. The van der Waals surface area contributed by atoms with Crippen molar-refractivity contribution in [2.75, 3.05) is 87.3 Å². The number of nitrogens with zero attached hydrogens (tertiary/aromatic N) is 6. The van der Waals surface area contributed by atoms with Gasteiger partial charge in [0.15, 0.2) is 17.0 Å². The van der Waals surface area contributed by atoms with Crippen molar-refractivity contribution < 1.29 is 63.0 Å². The Labute approximate surface area is 478 Å². The Hall–Kier alpha value is -7.70.